The van der Waals surface area contributed by atoms with E-state index in [9.17, 15) is 0 Å². The summed E-state index contributed by atoms with van der Waals surface area (Å²) in [5.41, 5.74) is 5.13. The summed E-state index contributed by atoms with van der Waals surface area (Å²) in [4.78, 5) is 6.91. The van der Waals surface area contributed by atoms with Crippen molar-refractivity contribution in [1.82, 2.24) is 15.5 Å². The van der Waals surface area contributed by atoms with Gasteiger partial charge in [-0.3, -0.25) is 0 Å². The molecule has 0 atom stereocenters. The highest BCUT2D eigenvalue weighted by Crippen LogP contribution is 2.09. The van der Waals surface area contributed by atoms with Crippen LogP contribution in [-0.4, -0.2) is 31.5 Å². The second-order valence-electron chi connectivity index (χ2n) is 6.53. The maximum atomic E-state index is 4.73. The standard InChI is InChI=1S/C21H30N4.HI/c1-5-22-21(24-15-20-12-7-6-9-17(20)2)23-14-18-10-8-11-19(13-18)16-25(3)4;/h6-13H,5,14-16H2,1-4H3,(H2,22,23,24);1H. The molecule has 2 aromatic rings. The van der Waals surface area contributed by atoms with Crippen LogP contribution in [0.15, 0.2) is 53.5 Å². The lowest BCUT2D eigenvalue weighted by molar-refractivity contribution is 0.402. The van der Waals surface area contributed by atoms with E-state index in [1.165, 1.54) is 22.3 Å². The maximum absolute atomic E-state index is 4.73. The molecule has 0 aliphatic carbocycles. The van der Waals surface area contributed by atoms with Crippen molar-refractivity contribution in [1.29, 1.82) is 0 Å². The molecule has 5 heteroatoms. The van der Waals surface area contributed by atoms with Crippen LogP contribution in [0.5, 0.6) is 0 Å². The predicted octanol–water partition coefficient (Wildman–Crippen LogP) is 3.93. The lowest BCUT2D eigenvalue weighted by Gasteiger charge is -2.13. The Bertz CT molecular complexity index is 698. The third-order valence-corrected chi connectivity index (χ3v) is 3.96. The third kappa shape index (κ3) is 7.74. The predicted molar refractivity (Wildman–Crippen MR) is 122 cm³/mol. The molecule has 0 bridgehead atoms. The third-order valence-electron chi connectivity index (χ3n) is 3.96. The Kier molecular flexibility index (Phi) is 10.3. The van der Waals surface area contributed by atoms with E-state index < -0.39 is 0 Å². The number of nitrogens with zero attached hydrogens (tertiary/aromatic N) is 2. The molecule has 26 heavy (non-hydrogen) atoms. The van der Waals surface area contributed by atoms with E-state index in [-0.39, 0.29) is 24.0 Å². The fraction of sp³-hybridized carbons (Fsp3) is 0.381. The average Bonchev–Trinajstić information content (AvgIpc) is 2.58. The van der Waals surface area contributed by atoms with Crippen molar-refractivity contribution in [2.24, 2.45) is 4.99 Å². The van der Waals surface area contributed by atoms with Crippen LogP contribution in [0.3, 0.4) is 0 Å². The Balaban J connectivity index is 0.00000338. The molecule has 0 saturated heterocycles. The van der Waals surface area contributed by atoms with Gasteiger partial charge in [0, 0.05) is 19.6 Å². The van der Waals surface area contributed by atoms with Crippen molar-refractivity contribution < 1.29 is 0 Å². The Morgan fingerprint density at radius 2 is 1.73 bits per heavy atom. The van der Waals surface area contributed by atoms with E-state index in [1.807, 2.05) is 0 Å². The number of hydrogen-bond acceptors (Lipinski definition) is 2. The molecule has 0 aliphatic heterocycles. The van der Waals surface area contributed by atoms with Gasteiger partial charge in [-0.25, -0.2) is 4.99 Å². The molecule has 4 nitrogen and oxygen atoms in total. The van der Waals surface area contributed by atoms with E-state index in [4.69, 9.17) is 4.99 Å². The number of hydrogen-bond donors (Lipinski definition) is 2. The smallest absolute Gasteiger partial charge is 0.191 e. The van der Waals surface area contributed by atoms with Crippen LogP contribution in [-0.2, 0) is 19.6 Å². The van der Waals surface area contributed by atoms with Crippen LogP contribution >= 0.6 is 24.0 Å². The topological polar surface area (TPSA) is 39.7 Å². The zero-order valence-corrected chi connectivity index (χ0v) is 18.6. The summed E-state index contributed by atoms with van der Waals surface area (Å²) in [5.74, 6) is 0.851. The van der Waals surface area contributed by atoms with Gasteiger partial charge in [0.2, 0.25) is 0 Å². The number of nitrogens with one attached hydrogen (secondary N) is 2. The summed E-state index contributed by atoms with van der Waals surface area (Å²) < 4.78 is 0. The molecule has 0 saturated carbocycles. The Hall–Kier alpha value is -1.60. The molecule has 0 amide bonds. The van der Waals surface area contributed by atoms with Crippen LogP contribution in [0.25, 0.3) is 0 Å². The van der Waals surface area contributed by atoms with Gasteiger partial charge in [0.15, 0.2) is 5.96 Å². The molecule has 2 aromatic carbocycles. The molecule has 0 radical (unpaired) electrons. The highest BCUT2D eigenvalue weighted by atomic mass is 127. The molecule has 2 rings (SSSR count). The Morgan fingerprint density at radius 3 is 2.42 bits per heavy atom. The molecule has 0 aromatic heterocycles. The van der Waals surface area contributed by atoms with E-state index in [2.05, 4.69) is 92.0 Å². The van der Waals surface area contributed by atoms with Gasteiger partial charge in [0.05, 0.1) is 6.54 Å². The van der Waals surface area contributed by atoms with E-state index >= 15 is 0 Å². The fourth-order valence-electron chi connectivity index (χ4n) is 2.69. The number of aliphatic imine (C=N–C) groups is 1. The van der Waals surface area contributed by atoms with E-state index in [0.717, 1.165) is 25.6 Å². The number of guanidine groups is 1. The zero-order chi connectivity index (χ0) is 18.1. The molecule has 0 aliphatic rings. The van der Waals surface area contributed by atoms with Crippen LogP contribution in [0, 0.1) is 6.92 Å². The summed E-state index contributed by atoms with van der Waals surface area (Å²) >= 11 is 0. The molecule has 0 unspecified atom stereocenters. The molecule has 0 spiro atoms. The summed E-state index contributed by atoms with van der Waals surface area (Å²) in [7, 11) is 4.17. The zero-order valence-electron chi connectivity index (χ0n) is 16.2. The van der Waals surface area contributed by atoms with E-state index in [1.54, 1.807) is 0 Å². The molecular weight excluding hydrogens is 435 g/mol. The first-order valence-corrected chi connectivity index (χ1v) is 8.87. The second-order valence-corrected chi connectivity index (χ2v) is 6.53. The Labute approximate surface area is 175 Å². The van der Waals surface area contributed by atoms with Gasteiger partial charge in [-0.15, -0.1) is 24.0 Å². The first-order valence-electron chi connectivity index (χ1n) is 8.87. The van der Waals surface area contributed by atoms with Gasteiger partial charge in [-0.1, -0.05) is 48.5 Å². The maximum Gasteiger partial charge on any atom is 0.191 e. The lowest BCUT2D eigenvalue weighted by atomic mass is 10.1. The molecule has 0 heterocycles. The molecule has 142 valence electrons. The number of rotatable bonds is 7. The summed E-state index contributed by atoms with van der Waals surface area (Å²) in [6.07, 6.45) is 0. The SMILES string of the molecule is CCNC(=NCc1cccc(CN(C)C)c1)NCc1ccccc1C.I. The minimum absolute atomic E-state index is 0. The van der Waals surface area contributed by atoms with Gasteiger partial charge >= 0.3 is 0 Å². The first-order chi connectivity index (χ1) is 12.1. The highest BCUT2D eigenvalue weighted by Gasteiger charge is 2.02. The summed E-state index contributed by atoms with van der Waals surface area (Å²) in [5, 5.41) is 6.75. The molecule has 2 N–H and O–H groups in total. The number of aryl methyl sites for hydroxylation is 1. The van der Waals surface area contributed by atoms with Crippen LogP contribution in [0.4, 0.5) is 0 Å². The quantitative estimate of drug-likeness (QED) is 0.369. The molecular formula is C21H31IN4. The normalized spacial score (nSPS) is 11.2. The van der Waals surface area contributed by atoms with Crippen molar-refractivity contribution in [3.8, 4) is 0 Å². The highest BCUT2D eigenvalue weighted by molar-refractivity contribution is 14.0. The van der Waals surface area contributed by atoms with Gasteiger partial charge < -0.3 is 15.5 Å². The average molecular weight is 466 g/mol. The van der Waals surface area contributed by atoms with Crippen molar-refractivity contribution >= 4 is 29.9 Å². The van der Waals surface area contributed by atoms with Crippen molar-refractivity contribution in [2.45, 2.75) is 33.5 Å². The minimum atomic E-state index is 0. The largest absolute Gasteiger partial charge is 0.357 e. The van der Waals surface area contributed by atoms with Crippen LogP contribution in [0.2, 0.25) is 0 Å². The number of benzene rings is 2. The first kappa shape index (κ1) is 22.4. The monoisotopic (exact) mass is 466 g/mol. The second kappa shape index (κ2) is 11.9. The number of halogens is 1. The lowest BCUT2D eigenvalue weighted by Crippen LogP contribution is -2.36. The van der Waals surface area contributed by atoms with Crippen molar-refractivity contribution in [3.63, 3.8) is 0 Å². The van der Waals surface area contributed by atoms with Crippen LogP contribution < -0.4 is 10.6 Å². The van der Waals surface area contributed by atoms with Gasteiger partial charge in [-0.2, -0.15) is 0 Å². The summed E-state index contributed by atoms with van der Waals surface area (Å²) in [6.45, 7) is 7.47. The van der Waals surface area contributed by atoms with Gasteiger partial charge in [0.25, 0.3) is 0 Å². The minimum Gasteiger partial charge on any atom is -0.357 e. The fourth-order valence-corrected chi connectivity index (χ4v) is 2.69. The molecule has 0 fully saturated rings. The van der Waals surface area contributed by atoms with Crippen molar-refractivity contribution in [3.05, 3.63) is 70.8 Å². The van der Waals surface area contributed by atoms with Gasteiger partial charge in [0.1, 0.15) is 0 Å². The summed E-state index contributed by atoms with van der Waals surface area (Å²) in [6, 6.07) is 17.1. The van der Waals surface area contributed by atoms with E-state index in [0.29, 0.717) is 6.54 Å². The van der Waals surface area contributed by atoms with Crippen LogP contribution in [0.1, 0.15) is 29.2 Å². The van der Waals surface area contributed by atoms with Crippen molar-refractivity contribution in [2.75, 3.05) is 20.6 Å². The Morgan fingerprint density at radius 1 is 1.00 bits per heavy atom. The van der Waals surface area contributed by atoms with Gasteiger partial charge in [-0.05, 0) is 50.2 Å².